The first-order chi connectivity index (χ1) is 17.3. The smallest absolute Gasteiger partial charge is 0.252 e. The van der Waals surface area contributed by atoms with Crippen LogP contribution < -0.4 is 29.6 Å². The van der Waals surface area contributed by atoms with E-state index in [0.29, 0.717) is 39.6 Å². The van der Waals surface area contributed by atoms with Crippen molar-refractivity contribution in [3.8, 4) is 33.6 Å². The van der Waals surface area contributed by atoms with Crippen molar-refractivity contribution in [2.75, 3.05) is 33.8 Å². The van der Waals surface area contributed by atoms with E-state index in [1.807, 2.05) is 38.1 Å². The molecule has 2 aromatic carbocycles. The Bertz CT molecular complexity index is 1190. The number of carbonyl (C=O) groups is 2. The number of nitrogens with one attached hydrogen (secondary N) is 2. The maximum Gasteiger partial charge on any atom is 0.252 e. The highest BCUT2D eigenvalue weighted by atomic mass is 32.1. The van der Waals surface area contributed by atoms with Crippen molar-refractivity contribution < 1.29 is 28.5 Å². The van der Waals surface area contributed by atoms with Crippen LogP contribution in [0.5, 0.6) is 23.0 Å². The summed E-state index contributed by atoms with van der Waals surface area (Å²) in [6, 6.07) is 9.66. The minimum atomic E-state index is -0.814. The van der Waals surface area contributed by atoms with Crippen LogP contribution >= 0.6 is 11.3 Å². The normalized spacial score (nSPS) is 12.3. The Morgan fingerprint density at radius 3 is 2.25 bits per heavy atom. The van der Waals surface area contributed by atoms with Crippen LogP contribution in [0.15, 0.2) is 36.4 Å². The van der Waals surface area contributed by atoms with Gasteiger partial charge in [-0.05, 0) is 30.2 Å². The summed E-state index contributed by atoms with van der Waals surface area (Å²) in [6.45, 7) is 3.84. The first-order valence-corrected chi connectivity index (χ1v) is 12.1. The number of hydrogen-bond acceptors (Lipinski definition) is 9. The number of rotatable bonds is 11. The standard InChI is InChI=1S/C25H30N4O6S/c1-7-14(2)20(26-22(30)16-12-18(33-4)21(35-6)19(13-16)34-5)23(31)27-25-29-28-24(36-25)15-9-8-10-17(11-15)32-3/h8-14,20H,7H2,1-6H3,(H,26,30)(H,27,29,31). The zero-order chi connectivity index (χ0) is 26.2. The van der Waals surface area contributed by atoms with E-state index in [4.69, 9.17) is 18.9 Å². The third kappa shape index (κ3) is 6.03. The van der Waals surface area contributed by atoms with Gasteiger partial charge >= 0.3 is 0 Å². The first-order valence-electron chi connectivity index (χ1n) is 11.2. The van der Waals surface area contributed by atoms with Gasteiger partial charge in [0.05, 0.1) is 28.4 Å². The van der Waals surface area contributed by atoms with E-state index in [1.54, 1.807) is 7.11 Å². The lowest BCUT2D eigenvalue weighted by Crippen LogP contribution is -2.47. The lowest BCUT2D eigenvalue weighted by Gasteiger charge is -2.23. The predicted octanol–water partition coefficient (Wildman–Crippen LogP) is 4.02. The van der Waals surface area contributed by atoms with E-state index >= 15 is 0 Å². The number of aromatic nitrogens is 2. The van der Waals surface area contributed by atoms with Crippen LogP contribution in [0.2, 0.25) is 0 Å². The van der Waals surface area contributed by atoms with Crippen LogP contribution in [0.25, 0.3) is 10.6 Å². The summed E-state index contributed by atoms with van der Waals surface area (Å²) >= 11 is 1.23. The van der Waals surface area contributed by atoms with Crippen molar-refractivity contribution in [2.45, 2.75) is 26.3 Å². The number of ether oxygens (including phenoxy) is 4. The Balaban J connectivity index is 1.79. The van der Waals surface area contributed by atoms with Crippen LogP contribution in [-0.4, -0.2) is 56.5 Å². The molecule has 0 aliphatic rings. The fourth-order valence-electron chi connectivity index (χ4n) is 3.47. The van der Waals surface area contributed by atoms with Crippen LogP contribution in [0.1, 0.15) is 30.6 Å². The highest BCUT2D eigenvalue weighted by molar-refractivity contribution is 7.18. The van der Waals surface area contributed by atoms with Gasteiger partial charge in [-0.3, -0.25) is 14.9 Å². The summed E-state index contributed by atoms with van der Waals surface area (Å²) in [5, 5.41) is 14.8. The van der Waals surface area contributed by atoms with Crippen molar-refractivity contribution in [2.24, 2.45) is 5.92 Å². The number of methoxy groups -OCH3 is 4. The molecular weight excluding hydrogens is 484 g/mol. The fraction of sp³-hybridized carbons (Fsp3) is 0.360. The van der Waals surface area contributed by atoms with Crippen LogP contribution in [0, 0.1) is 5.92 Å². The number of amides is 2. The molecule has 3 aromatic rings. The van der Waals surface area contributed by atoms with E-state index in [-0.39, 0.29) is 11.5 Å². The summed E-state index contributed by atoms with van der Waals surface area (Å²) < 4.78 is 21.2. The van der Waals surface area contributed by atoms with Gasteiger partial charge in [0.2, 0.25) is 16.8 Å². The van der Waals surface area contributed by atoms with E-state index in [2.05, 4.69) is 20.8 Å². The van der Waals surface area contributed by atoms with Crippen molar-refractivity contribution in [1.82, 2.24) is 15.5 Å². The molecule has 2 amide bonds. The summed E-state index contributed by atoms with van der Waals surface area (Å²) in [5.74, 6) is 0.746. The molecule has 11 heteroatoms. The maximum absolute atomic E-state index is 13.2. The fourth-order valence-corrected chi connectivity index (χ4v) is 4.21. The molecule has 0 aliphatic heterocycles. The molecule has 2 unspecified atom stereocenters. The summed E-state index contributed by atoms with van der Waals surface area (Å²) in [6.07, 6.45) is 0.665. The molecule has 0 radical (unpaired) electrons. The van der Waals surface area contributed by atoms with Gasteiger partial charge in [0.1, 0.15) is 16.8 Å². The minimum Gasteiger partial charge on any atom is -0.497 e. The zero-order valence-corrected chi connectivity index (χ0v) is 21.9. The van der Waals surface area contributed by atoms with E-state index in [1.165, 1.54) is 44.8 Å². The lowest BCUT2D eigenvalue weighted by atomic mass is 9.98. The van der Waals surface area contributed by atoms with Gasteiger partial charge in [-0.15, -0.1) is 10.2 Å². The van der Waals surface area contributed by atoms with Gasteiger partial charge < -0.3 is 24.3 Å². The monoisotopic (exact) mass is 514 g/mol. The number of carbonyl (C=O) groups excluding carboxylic acids is 2. The summed E-state index contributed by atoms with van der Waals surface area (Å²) in [7, 11) is 6.01. The average Bonchev–Trinajstić information content (AvgIpc) is 3.38. The minimum absolute atomic E-state index is 0.151. The molecule has 0 spiro atoms. The molecule has 2 atom stereocenters. The molecule has 36 heavy (non-hydrogen) atoms. The van der Waals surface area contributed by atoms with Crippen LogP contribution in [-0.2, 0) is 4.79 Å². The average molecular weight is 515 g/mol. The van der Waals surface area contributed by atoms with Gasteiger partial charge in [0.15, 0.2) is 11.5 Å². The third-order valence-electron chi connectivity index (χ3n) is 5.68. The highest BCUT2D eigenvalue weighted by Gasteiger charge is 2.28. The van der Waals surface area contributed by atoms with Crippen molar-refractivity contribution in [1.29, 1.82) is 0 Å². The van der Waals surface area contributed by atoms with Crippen LogP contribution in [0.4, 0.5) is 5.13 Å². The third-order valence-corrected chi connectivity index (χ3v) is 6.57. The molecule has 0 bridgehead atoms. The Morgan fingerprint density at radius 2 is 1.67 bits per heavy atom. The van der Waals surface area contributed by atoms with Gasteiger partial charge in [0.25, 0.3) is 5.91 Å². The van der Waals surface area contributed by atoms with Gasteiger partial charge in [-0.2, -0.15) is 0 Å². The second kappa shape index (κ2) is 12.2. The van der Waals surface area contributed by atoms with E-state index in [0.717, 1.165) is 5.56 Å². The number of hydrogen-bond donors (Lipinski definition) is 2. The predicted molar refractivity (Wildman–Crippen MR) is 137 cm³/mol. The second-order valence-corrected chi connectivity index (χ2v) is 8.86. The van der Waals surface area contributed by atoms with Gasteiger partial charge in [-0.25, -0.2) is 0 Å². The second-order valence-electron chi connectivity index (χ2n) is 7.88. The number of nitrogens with zero attached hydrogens (tertiary/aromatic N) is 2. The topological polar surface area (TPSA) is 121 Å². The first kappa shape index (κ1) is 26.7. The Morgan fingerprint density at radius 1 is 0.972 bits per heavy atom. The molecule has 1 heterocycles. The molecule has 192 valence electrons. The SMILES string of the molecule is CCC(C)C(NC(=O)c1cc(OC)c(OC)c(OC)c1)C(=O)Nc1nnc(-c2cccc(OC)c2)s1. The summed E-state index contributed by atoms with van der Waals surface area (Å²) in [4.78, 5) is 26.3. The van der Waals surface area contributed by atoms with Crippen molar-refractivity contribution >= 4 is 28.3 Å². The Kier molecular flexibility index (Phi) is 9.07. The Labute approximate surface area is 213 Å². The molecule has 0 fully saturated rings. The molecule has 0 aliphatic carbocycles. The highest BCUT2D eigenvalue weighted by Crippen LogP contribution is 2.38. The molecule has 0 saturated heterocycles. The number of benzene rings is 2. The van der Waals surface area contributed by atoms with E-state index < -0.39 is 17.9 Å². The molecular formula is C25H30N4O6S. The maximum atomic E-state index is 13.2. The molecule has 0 saturated carbocycles. The number of anilines is 1. The lowest BCUT2D eigenvalue weighted by molar-refractivity contribution is -0.119. The zero-order valence-electron chi connectivity index (χ0n) is 21.1. The largest absolute Gasteiger partial charge is 0.497 e. The molecule has 10 nitrogen and oxygen atoms in total. The van der Waals surface area contributed by atoms with Crippen molar-refractivity contribution in [3.05, 3.63) is 42.0 Å². The quantitative estimate of drug-likeness (QED) is 0.394. The van der Waals surface area contributed by atoms with Gasteiger partial charge in [0, 0.05) is 11.1 Å². The summed E-state index contributed by atoms with van der Waals surface area (Å²) in [5.41, 5.74) is 1.09. The molecule has 1 aromatic heterocycles. The van der Waals surface area contributed by atoms with Crippen molar-refractivity contribution in [3.63, 3.8) is 0 Å². The van der Waals surface area contributed by atoms with E-state index in [9.17, 15) is 9.59 Å². The molecule has 3 rings (SSSR count). The molecule has 2 N–H and O–H groups in total. The van der Waals surface area contributed by atoms with Crippen LogP contribution in [0.3, 0.4) is 0 Å². The Hall–Kier alpha value is -3.86. The van der Waals surface area contributed by atoms with Gasteiger partial charge in [-0.1, -0.05) is 43.7 Å².